The molecule has 1 N–H and O–H groups in total. The number of benzene rings is 1. The van der Waals surface area contributed by atoms with E-state index in [9.17, 15) is 0 Å². The Kier molecular flexibility index (Phi) is 4.36. The van der Waals surface area contributed by atoms with Crippen molar-refractivity contribution < 1.29 is 4.74 Å². The summed E-state index contributed by atoms with van der Waals surface area (Å²) in [6.07, 6.45) is 0.780. The lowest BCUT2D eigenvalue weighted by atomic mass is 10.1. The summed E-state index contributed by atoms with van der Waals surface area (Å²) in [6, 6.07) is 12.1. The van der Waals surface area contributed by atoms with Gasteiger partial charge in [-0.15, -0.1) is 21.5 Å². The first-order valence-electron chi connectivity index (χ1n) is 7.78. The van der Waals surface area contributed by atoms with Gasteiger partial charge in [0.1, 0.15) is 0 Å². The van der Waals surface area contributed by atoms with Crippen LogP contribution in [0.2, 0.25) is 0 Å². The molecule has 7 heteroatoms. The van der Waals surface area contributed by atoms with E-state index in [1.807, 2.05) is 35.7 Å². The molecule has 3 heterocycles. The third kappa shape index (κ3) is 2.97. The lowest BCUT2D eigenvalue weighted by Crippen LogP contribution is -2.15. The molecule has 0 radical (unpaired) electrons. The molecular weight excluding hydrogens is 340 g/mol. The van der Waals surface area contributed by atoms with Gasteiger partial charge in [0, 0.05) is 17.0 Å². The molecule has 0 unspecified atom stereocenters. The molecule has 24 heavy (non-hydrogen) atoms. The van der Waals surface area contributed by atoms with Crippen LogP contribution in [-0.4, -0.2) is 20.9 Å². The second-order valence-corrected chi connectivity index (χ2v) is 7.34. The van der Waals surface area contributed by atoms with Gasteiger partial charge in [-0.3, -0.25) is 0 Å². The van der Waals surface area contributed by atoms with E-state index in [-0.39, 0.29) is 6.23 Å². The molecule has 1 aliphatic heterocycles. The van der Waals surface area contributed by atoms with E-state index in [1.54, 1.807) is 23.1 Å². The van der Waals surface area contributed by atoms with Crippen molar-refractivity contribution in [3.63, 3.8) is 0 Å². The molecule has 0 amide bonds. The van der Waals surface area contributed by atoms with Gasteiger partial charge in [-0.2, -0.15) is 4.98 Å². The number of thiophene rings is 1. The maximum absolute atomic E-state index is 6.18. The topological polar surface area (TPSA) is 59.9 Å². The van der Waals surface area contributed by atoms with Crippen LogP contribution >= 0.6 is 23.1 Å². The standard InChI is InChI=1S/C17H16N4OS2/c1-2-9-24-17-19-16-14(20-21-17)11-6-3-4-7-12(11)18-15(22-16)13-8-5-10-23-13/h3-8,10,15,18H,2,9H2,1H3/t15-/m1/s1. The summed E-state index contributed by atoms with van der Waals surface area (Å²) in [5.41, 5.74) is 2.61. The largest absolute Gasteiger partial charge is 0.447 e. The van der Waals surface area contributed by atoms with E-state index < -0.39 is 0 Å². The number of anilines is 1. The number of fused-ring (bicyclic) bond motifs is 3. The van der Waals surface area contributed by atoms with Crippen molar-refractivity contribution in [2.75, 3.05) is 11.1 Å². The number of hydrogen-bond donors (Lipinski definition) is 1. The normalized spacial score (nSPS) is 15.6. The average Bonchev–Trinajstić information content (AvgIpc) is 3.09. The second-order valence-electron chi connectivity index (χ2n) is 5.30. The van der Waals surface area contributed by atoms with Crippen LogP contribution in [0.1, 0.15) is 24.4 Å². The number of rotatable bonds is 4. The highest BCUT2D eigenvalue weighted by Gasteiger charge is 2.26. The molecule has 1 aliphatic rings. The Balaban J connectivity index is 1.79. The Bertz CT molecular complexity index is 838. The highest BCUT2D eigenvalue weighted by atomic mass is 32.2. The molecule has 1 aromatic carbocycles. The van der Waals surface area contributed by atoms with Gasteiger partial charge >= 0.3 is 0 Å². The minimum atomic E-state index is -0.284. The quantitative estimate of drug-likeness (QED) is 0.689. The van der Waals surface area contributed by atoms with E-state index in [4.69, 9.17) is 4.74 Å². The van der Waals surface area contributed by atoms with Crippen molar-refractivity contribution in [3.8, 4) is 17.1 Å². The minimum Gasteiger partial charge on any atom is -0.447 e. The predicted octanol–water partition coefficient (Wildman–Crippen LogP) is 4.61. The average molecular weight is 356 g/mol. The van der Waals surface area contributed by atoms with Gasteiger partial charge in [0.15, 0.2) is 5.69 Å². The zero-order valence-electron chi connectivity index (χ0n) is 13.1. The number of para-hydroxylation sites is 1. The first-order chi connectivity index (χ1) is 11.8. The molecule has 5 nitrogen and oxygen atoms in total. The van der Waals surface area contributed by atoms with Crippen LogP contribution in [0, 0.1) is 0 Å². The molecule has 0 spiro atoms. The lowest BCUT2D eigenvalue weighted by Gasteiger charge is -2.17. The van der Waals surface area contributed by atoms with Crippen LogP contribution in [0.3, 0.4) is 0 Å². The number of nitrogens with one attached hydrogen (secondary N) is 1. The summed E-state index contributed by atoms with van der Waals surface area (Å²) < 4.78 is 6.18. The zero-order valence-corrected chi connectivity index (χ0v) is 14.7. The maximum Gasteiger partial charge on any atom is 0.247 e. The minimum absolute atomic E-state index is 0.284. The highest BCUT2D eigenvalue weighted by molar-refractivity contribution is 7.99. The van der Waals surface area contributed by atoms with Crippen molar-refractivity contribution in [3.05, 3.63) is 46.7 Å². The molecule has 0 saturated heterocycles. The maximum atomic E-state index is 6.18. The first kappa shape index (κ1) is 15.4. The number of ether oxygens (including phenoxy) is 1. The molecule has 1 atom stereocenters. The van der Waals surface area contributed by atoms with Crippen molar-refractivity contribution in [2.24, 2.45) is 0 Å². The zero-order chi connectivity index (χ0) is 16.4. The van der Waals surface area contributed by atoms with Crippen LogP contribution in [0.4, 0.5) is 5.69 Å². The summed E-state index contributed by atoms with van der Waals surface area (Å²) in [6.45, 7) is 2.13. The molecule has 0 bridgehead atoms. The molecule has 0 fully saturated rings. The molecule has 122 valence electrons. The molecule has 3 aromatic rings. The third-order valence-corrected chi connectivity index (χ3v) is 5.53. The molecule has 0 saturated carbocycles. The van der Waals surface area contributed by atoms with Crippen molar-refractivity contribution in [1.82, 2.24) is 15.2 Å². The number of aromatic nitrogens is 3. The third-order valence-electron chi connectivity index (χ3n) is 3.57. The molecule has 2 aromatic heterocycles. The van der Waals surface area contributed by atoms with Crippen LogP contribution in [-0.2, 0) is 0 Å². The van der Waals surface area contributed by atoms with Crippen molar-refractivity contribution in [2.45, 2.75) is 24.7 Å². The SMILES string of the molecule is CCCSc1nnc2c(n1)O[C@H](c1cccs1)Nc1ccccc1-2. The summed E-state index contributed by atoms with van der Waals surface area (Å²) in [4.78, 5) is 5.70. The first-order valence-corrected chi connectivity index (χ1v) is 9.65. The number of nitrogens with zero attached hydrogens (tertiary/aromatic N) is 3. The van der Waals surface area contributed by atoms with E-state index in [2.05, 4.69) is 33.5 Å². The summed E-state index contributed by atoms with van der Waals surface area (Å²) in [5, 5.41) is 14.8. The van der Waals surface area contributed by atoms with Crippen LogP contribution < -0.4 is 10.1 Å². The highest BCUT2D eigenvalue weighted by Crippen LogP contribution is 2.40. The summed E-state index contributed by atoms with van der Waals surface area (Å²) in [5.74, 6) is 1.49. The summed E-state index contributed by atoms with van der Waals surface area (Å²) >= 11 is 3.25. The van der Waals surface area contributed by atoms with E-state index in [1.165, 1.54) is 0 Å². The lowest BCUT2D eigenvalue weighted by molar-refractivity contribution is 0.229. The van der Waals surface area contributed by atoms with Gasteiger partial charge in [-0.25, -0.2) is 0 Å². The second kappa shape index (κ2) is 6.78. The fourth-order valence-corrected chi connectivity index (χ4v) is 3.81. The van der Waals surface area contributed by atoms with Crippen LogP contribution in [0.5, 0.6) is 5.88 Å². The fraction of sp³-hybridized carbons (Fsp3) is 0.235. The molecule has 4 rings (SSSR count). The van der Waals surface area contributed by atoms with Crippen molar-refractivity contribution >= 4 is 28.8 Å². The predicted molar refractivity (Wildman–Crippen MR) is 97.6 cm³/mol. The van der Waals surface area contributed by atoms with Gasteiger partial charge in [-0.05, 0) is 23.9 Å². The molecular formula is C17H16N4OS2. The Hall–Kier alpha value is -2.12. The van der Waals surface area contributed by atoms with Crippen molar-refractivity contribution in [1.29, 1.82) is 0 Å². The van der Waals surface area contributed by atoms with Gasteiger partial charge in [0.25, 0.3) is 0 Å². The van der Waals surface area contributed by atoms with Crippen LogP contribution in [0.15, 0.2) is 46.9 Å². The van der Waals surface area contributed by atoms with Gasteiger partial charge < -0.3 is 10.1 Å². The fourth-order valence-electron chi connectivity index (χ4n) is 2.47. The Morgan fingerprint density at radius 1 is 1.21 bits per heavy atom. The summed E-state index contributed by atoms with van der Waals surface area (Å²) in [7, 11) is 0. The smallest absolute Gasteiger partial charge is 0.247 e. The Labute approximate surface area is 148 Å². The van der Waals surface area contributed by atoms with Gasteiger partial charge in [0.2, 0.25) is 17.3 Å². The van der Waals surface area contributed by atoms with E-state index in [0.717, 1.165) is 28.3 Å². The number of thioether (sulfide) groups is 1. The molecule has 0 aliphatic carbocycles. The van der Waals surface area contributed by atoms with E-state index >= 15 is 0 Å². The van der Waals surface area contributed by atoms with Gasteiger partial charge in [0.05, 0.1) is 4.88 Å². The Morgan fingerprint density at radius 2 is 2.12 bits per heavy atom. The number of hydrogen-bond acceptors (Lipinski definition) is 7. The van der Waals surface area contributed by atoms with E-state index in [0.29, 0.717) is 16.7 Å². The Morgan fingerprint density at radius 3 is 2.96 bits per heavy atom. The van der Waals surface area contributed by atoms with Gasteiger partial charge in [-0.1, -0.05) is 43.0 Å². The monoisotopic (exact) mass is 356 g/mol. The van der Waals surface area contributed by atoms with Crippen LogP contribution in [0.25, 0.3) is 11.3 Å².